The van der Waals surface area contributed by atoms with Crippen LogP contribution in [-0.2, 0) is 13.1 Å². The molecular weight excluding hydrogens is 278 g/mol. The van der Waals surface area contributed by atoms with E-state index in [1.807, 2.05) is 6.20 Å². The lowest BCUT2D eigenvalue weighted by Gasteiger charge is -2.07. The average molecular weight is 299 g/mol. The fraction of sp³-hybridized carbons (Fsp3) is 0.353. The zero-order valence-corrected chi connectivity index (χ0v) is 13.4. The minimum absolute atomic E-state index is 0.904. The van der Waals surface area contributed by atoms with Gasteiger partial charge in [-0.1, -0.05) is 19.1 Å². The van der Waals surface area contributed by atoms with E-state index in [9.17, 15) is 0 Å². The quantitative estimate of drug-likeness (QED) is 0.698. The number of fused-ring (bicyclic) bond motifs is 1. The van der Waals surface area contributed by atoms with Gasteiger partial charge in [0.15, 0.2) is 0 Å². The lowest BCUT2D eigenvalue weighted by atomic mass is 10.1. The normalized spacial score (nSPS) is 11.3. The molecule has 1 N–H and O–H groups in total. The van der Waals surface area contributed by atoms with E-state index in [1.54, 1.807) is 11.3 Å². The molecule has 0 saturated carbocycles. The van der Waals surface area contributed by atoms with Crippen LogP contribution in [-0.4, -0.2) is 16.1 Å². The van der Waals surface area contributed by atoms with Crippen molar-refractivity contribution in [2.45, 2.75) is 33.4 Å². The molecule has 0 unspecified atom stereocenters. The van der Waals surface area contributed by atoms with E-state index in [-0.39, 0.29) is 0 Å². The van der Waals surface area contributed by atoms with E-state index >= 15 is 0 Å². The maximum Gasteiger partial charge on any atom is 0.0897 e. The fourth-order valence-electron chi connectivity index (χ4n) is 2.53. The van der Waals surface area contributed by atoms with E-state index in [0.717, 1.165) is 24.6 Å². The van der Waals surface area contributed by atoms with E-state index in [4.69, 9.17) is 0 Å². The summed E-state index contributed by atoms with van der Waals surface area (Å²) in [6, 6.07) is 8.91. The van der Waals surface area contributed by atoms with Gasteiger partial charge in [0.1, 0.15) is 0 Å². The predicted molar refractivity (Wildman–Crippen MR) is 89.9 cm³/mol. The SMILES string of the molecule is CCCNCc1ccc2ccn(Cc3cnc(C)s3)c2c1. The summed E-state index contributed by atoms with van der Waals surface area (Å²) in [6.07, 6.45) is 5.32. The molecule has 0 spiro atoms. The van der Waals surface area contributed by atoms with Crippen LogP contribution in [0.2, 0.25) is 0 Å². The van der Waals surface area contributed by atoms with Crippen molar-refractivity contribution < 1.29 is 0 Å². The maximum atomic E-state index is 4.34. The van der Waals surface area contributed by atoms with E-state index in [0.29, 0.717) is 0 Å². The smallest absolute Gasteiger partial charge is 0.0897 e. The highest BCUT2D eigenvalue weighted by molar-refractivity contribution is 7.11. The van der Waals surface area contributed by atoms with Crippen LogP contribution in [0.1, 0.15) is 28.8 Å². The Balaban J connectivity index is 1.83. The monoisotopic (exact) mass is 299 g/mol. The third-order valence-electron chi connectivity index (χ3n) is 3.59. The van der Waals surface area contributed by atoms with Gasteiger partial charge in [-0.3, -0.25) is 0 Å². The zero-order chi connectivity index (χ0) is 14.7. The third-order valence-corrected chi connectivity index (χ3v) is 4.49. The lowest BCUT2D eigenvalue weighted by Crippen LogP contribution is -2.13. The van der Waals surface area contributed by atoms with Gasteiger partial charge < -0.3 is 9.88 Å². The predicted octanol–water partition coefficient (Wildman–Crippen LogP) is 3.95. The second-order valence-corrected chi connectivity index (χ2v) is 6.68. The molecule has 0 fully saturated rings. The number of nitrogens with zero attached hydrogens (tertiary/aromatic N) is 2. The third kappa shape index (κ3) is 3.34. The summed E-state index contributed by atoms with van der Waals surface area (Å²) >= 11 is 1.77. The van der Waals surface area contributed by atoms with Crippen molar-refractivity contribution in [3.63, 3.8) is 0 Å². The first-order valence-electron chi connectivity index (χ1n) is 7.46. The molecule has 0 bridgehead atoms. The Morgan fingerprint density at radius 1 is 1.29 bits per heavy atom. The first-order chi connectivity index (χ1) is 10.3. The van der Waals surface area contributed by atoms with Crippen LogP contribution >= 0.6 is 11.3 Å². The summed E-state index contributed by atoms with van der Waals surface area (Å²) in [5.74, 6) is 0. The number of rotatable bonds is 6. The lowest BCUT2D eigenvalue weighted by molar-refractivity contribution is 0.675. The summed E-state index contributed by atoms with van der Waals surface area (Å²) in [7, 11) is 0. The van der Waals surface area contributed by atoms with Crippen LogP contribution in [0.25, 0.3) is 10.9 Å². The Labute approximate surface area is 129 Å². The molecule has 3 nitrogen and oxygen atoms in total. The van der Waals surface area contributed by atoms with Crippen LogP contribution in [0, 0.1) is 6.92 Å². The Bertz CT molecular complexity index is 727. The van der Waals surface area contributed by atoms with Gasteiger partial charge in [-0.25, -0.2) is 4.98 Å². The highest BCUT2D eigenvalue weighted by atomic mass is 32.1. The van der Waals surface area contributed by atoms with Gasteiger partial charge in [-0.2, -0.15) is 0 Å². The molecule has 2 heterocycles. The van der Waals surface area contributed by atoms with Gasteiger partial charge in [0.05, 0.1) is 11.6 Å². The maximum absolute atomic E-state index is 4.34. The fourth-order valence-corrected chi connectivity index (χ4v) is 3.33. The molecule has 21 heavy (non-hydrogen) atoms. The molecule has 0 saturated heterocycles. The number of thiazole rings is 1. The summed E-state index contributed by atoms with van der Waals surface area (Å²) in [5.41, 5.74) is 2.65. The molecule has 0 radical (unpaired) electrons. The molecule has 3 aromatic rings. The zero-order valence-electron chi connectivity index (χ0n) is 12.6. The summed E-state index contributed by atoms with van der Waals surface area (Å²) in [4.78, 5) is 5.64. The van der Waals surface area contributed by atoms with Gasteiger partial charge in [-0.15, -0.1) is 11.3 Å². The average Bonchev–Trinajstić information content (AvgIpc) is 3.07. The van der Waals surface area contributed by atoms with Gasteiger partial charge >= 0.3 is 0 Å². The number of nitrogens with one attached hydrogen (secondary N) is 1. The Hall–Kier alpha value is -1.65. The molecule has 1 aromatic carbocycles. The number of aromatic nitrogens is 2. The van der Waals surface area contributed by atoms with Gasteiger partial charge in [0, 0.05) is 29.3 Å². The molecule has 110 valence electrons. The van der Waals surface area contributed by atoms with Gasteiger partial charge in [-0.05, 0) is 43.0 Å². The number of aryl methyl sites for hydroxylation is 1. The van der Waals surface area contributed by atoms with Crippen molar-refractivity contribution in [3.05, 3.63) is 52.1 Å². The molecule has 0 aliphatic carbocycles. The molecule has 0 atom stereocenters. The largest absolute Gasteiger partial charge is 0.342 e. The van der Waals surface area contributed by atoms with Crippen molar-refractivity contribution >= 4 is 22.2 Å². The first-order valence-corrected chi connectivity index (χ1v) is 8.27. The van der Waals surface area contributed by atoms with E-state index < -0.39 is 0 Å². The molecular formula is C17H21N3S. The molecule has 0 aliphatic rings. The van der Waals surface area contributed by atoms with Crippen LogP contribution in [0.5, 0.6) is 0 Å². The van der Waals surface area contributed by atoms with Crippen LogP contribution in [0.15, 0.2) is 36.7 Å². The molecule has 0 aliphatic heterocycles. The molecule has 0 amide bonds. The number of benzene rings is 1. The van der Waals surface area contributed by atoms with Crippen molar-refractivity contribution in [1.82, 2.24) is 14.9 Å². The minimum atomic E-state index is 0.904. The Morgan fingerprint density at radius 3 is 2.95 bits per heavy atom. The van der Waals surface area contributed by atoms with Crippen molar-refractivity contribution in [1.29, 1.82) is 0 Å². The van der Waals surface area contributed by atoms with E-state index in [1.165, 1.54) is 27.8 Å². The summed E-state index contributed by atoms with van der Waals surface area (Å²) in [5, 5.41) is 5.90. The second-order valence-electron chi connectivity index (χ2n) is 5.36. The standard InChI is InChI=1S/C17H21N3S/c1-3-7-18-10-14-4-5-15-6-8-20(17(15)9-14)12-16-11-19-13(2)21-16/h4-6,8-9,11,18H,3,7,10,12H2,1-2H3. The molecule has 2 aromatic heterocycles. The first kappa shape index (κ1) is 14.3. The molecule has 3 rings (SSSR count). The van der Waals surface area contributed by atoms with Gasteiger partial charge in [0.2, 0.25) is 0 Å². The second kappa shape index (κ2) is 6.41. The van der Waals surface area contributed by atoms with Gasteiger partial charge in [0.25, 0.3) is 0 Å². The summed E-state index contributed by atoms with van der Waals surface area (Å²) < 4.78 is 2.31. The Kier molecular flexibility index (Phi) is 4.36. The van der Waals surface area contributed by atoms with E-state index in [2.05, 4.69) is 59.2 Å². The number of hydrogen-bond donors (Lipinski definition) is 1. The highest BCUT2D eigenvalue weighted by Gasteiger charge is 2.05. The Morgan fingerprint density at radius 2 is 2.19 bits per heavy atom. The summed E-state index contributed by atoms with van der Waals surface area (Å²) in [6.45, 7) is 7.16. The highest BCUT2D eigenvalue weighted by Crippen LogP contribution is 2.21. The van der Waals surface area contributed by atoms with Crippen LogP contribution in [0.4, 0.5) is 0 Å². The minimum Gasteiger partial charge on any atom is -0.342 e. The van der Waals surface area contributed by atoms with Crippen molar-refractivity contribution in [3.8, 4) is 0 Å². The van der Waals surface area contributed by atoms with Crippen molar-refractivity contribution in [2.24, 2.45) is 0 Å². The number of hydrogen-bond acceptors (Lipinski definition) is 3. The molecule has 4 heteroatoms. The van der Waals surface area contributed by atoms with Crippen molar-refractivity contribution in [2.75, 3.05) is 6.54 Å². The van der Waals surface area contributed by atoms with Crippen LogP contribution in [0.3, 0.4) is 0 Å². The van der Waals surface area contributed by atoms with Crippen LogP contribution < -0.4 is 5.32 Å². The topological polar surface area (TPSA) is 29.9 Å².